The first-order valence-corrected chi connectivity index (χ1v) is 6.76. The molecule has 7 heteroatoms. The highest BCUT2D eigenvalue weighted by atomic mass is 16.7. The molecule has 0 amide bonds. The van der Waals surface area contributed by atoms with Gasteiger partial charge in [-0.2, -0.15) is 0 Å². The Morgan fingerprint density at radius 1 is 1.13 bits per heavy atom. The highest BCUT2D eigenvalue weighted by Crippen LogP contribution is 2.30. The molecule has 0 radical (unpaired) electrons. The van der Waals surface area contributed by atoms with Gasteiger partial charge >= 0.3 is 17.9 Å². The SMILES string of the molecule is COc1cc(C=C2C(=O)OC(C)(C)OC2=O)ccc1OC(C)=O. The molecule has 1 saturated heterocycles. The molecule has 122 valence electrons. The molecule has 0 spiro atoms. The van der Waals surface area contributed by atoms with Crippen molar-refractivity contribution in [1.29, 1.82) is 0 Å². The molecule has 1 aromatic carbocycles. The molecule has 2 rings (SSSR count). The summed E-state index contributed by atoms with van der Waals surface area (Å²) in [4.78, 5) is 34.8. The van der Waals surface area contributed by atoms with Crippen molar-refractivity contribution in [2.75, 3.05) is 7.11 Å². The number of rotatable bonds is 3. The maximum absolute atomic E-state index is 11.9. The van der Waals surface area contributed by atoms with E-state index in [1.165, 1.54) is 46.1 Å². The number of ether oxygens (including phenoxy) is 4. The van der Waals surface area contributed by atoms with E-state index in [0.717, 1.165) is 0 Å². The fourth-order valence-electron chi connectivity index (χ4n) is 1.96. The first-order valence-electron chi connectivity index (χ1n) is 6.76. The van der Waals surface area contributed by atoms with Gasteiger partial charge in [0.15, 0.2) is 11.5 Å². The van der Waals surface area contributed by atoms with Crippen molar-refractivity contribution in [3.05, 3.63) is 29.3 Å². The van der Waals surface area contributed by atoms with Crippen LogP contribution in [0, 0.1) is 0 Å². The second kappa shape index (κ2) is 6.12. The van der Waals surface area contributed by atoms with E-state index >= 15 is 0 Å². The zero-order valence-corrected chi connectivity index (χ0v) is 13.2. The van der Waals surface area contributed by atoms with Gasteiger partial charge in [0.1, 0.15) is 5.57 Å². The fourth-order valence-corrected chi connectivity index (χ4v) is 1.96. The van der Waals surface area contributed by atoms with Crippen LogP contribution in [0.3, 0.4) is 0 Å². The number of benzene rings is 1. The topological polar surface area (TPSA) is 88.1 Å². The smallest absolute Gasteiger partial charge is 0.348 e. The highest BCUT2D eigenvalue weighted by molar-refractivity contribution is 6.18. The van der Waals surface area contributed by atoms with E-state index in [9.17, 15) is 14.4 Å². The van der Waals surface area contributed by atoms with E-state index < -0.39 is 23.7 Å². The molecule has 1 heterocycles. The summed E-state index contributed by atoms with van der Waals surface area (Å²) >= 11 is 0. The number of hydrogen-bond donors (Lipinski definition) is 0. The normalized spacial score (nSPS) is 16.3. The zero-order valence-electron chi connectivity index (χ0n) is 13.2. The maximum atomic E-state index is 11.9. The summed E-state index contributed by atoms with van der Waals surface area (Å²) in [6.07, 6.45) is 1.32. The molecule has 0 aromatic heterocycles. The van der Waals surface area contributed by atoms with Crippen LogP contribution < -0.4 is 9.47 Å². The molecule has 0 bridgehead atoms. The lowest BCUT2D eigenvalue weighted by Crippen LogP contribution is -2.41. The van der Waals surface area contributed by atoms with Crippen molar-refractivity contribution < 1.29 is 33.3 Å². The number of cyclic esters (lactones) is 2. The van der Waals surface area contributed by atoms with Crippen molar-refractivity contribution in [3.8, 4) is 11.5 Å². The van der Waals surface area contributed by atoms with Crippen molar-refractivity contribution >= 4 is 24.0 Å². The minimum atomic E-state index is -1.29. The molecule has 0 N–H and O–H groups in total. The number of hydrogen-bond acceptors (Lipinski definition) is 7. The van der Waals surface area contributed by atoms with Crippen molar-refractivity contribution in [2.24, 2.45) is 0 Å². The van der Waals surface area contributed by atoms with Gasteiger partial charge in [0.2, 0.25) is 0 Å². The van der Waals surface area contributed by atoms with Crippen LogP contribution in [-0.2, 0) is 23.9 Å². The molecule has 1 aliphatic heterocycles. The number of carbonyl (C=O) groups excluding carboxylic acids is 3. The van der Waals surface area contributed by atoms with Crippen LogP contribution in [0.5, 0.6) is 11.5 Å². The Morgan fingerprint density at radius 3 is 2.26 bits per heavy atom. The van der Waals surface area contributed by atoms with Crippen LogP contribution >= 0.6 is 0 Å². The van der Waals surface area contributed by atoms with Crippen molar-refractivity contribution in [1.82, 2.24) is 0 Å². The third-order valence-corrected chi connectivity index (χ3v) is 2.87. The Hall–Kier alpha value is -2.83. The Morgan fingerprint density at radius 2 is 1.74 bits per heavy atom. The average Bonchev–Trinajstić information content (AvgIpc) is 2.42. The van der Waals surface area contributed by atoms with E-state index in [1.54, 1.807) is 6.07 Å². The average molecular weight is 320 g/mol. The number of methoxy groups -OCH3 is 1. The Bertz CT molecular complexity index is 678. The van der Waals surface area contributed by atoms with Crippen molar-refractivity contribution in [3.63, 3.8) is 0 Å². The van der Waals surface area contributed by atoms with Gasteiger partial charge in [-0.1, -0.05) is 6.07 Å². The van der Waals surface area contributed by atoms with Gasteiger partial charge in [-0.25, -0.2) is 9.59 Å². The van der Waals surface area contributed by atoms with Crippen LogP contribution in [0.2, 0.25) is 0 Å². The van der Waals surface area contributed by atoms with Crippen LogP contribution in [0.15, 0.2) is 23.8 Å². The monoisotopic (exact) mass is 320 g/mol. The summed E-state index contributed by atoms with van der Waals surface area (Å²) < 4.78 is 20.1. The second-order valence-electron chi connectivity index (χ2n) is 5.24. The predicted molar refractivity (Wildman–Crippen MR) is 78.5 cm³/mol. The van der Waals surface area contributed by atoms with Crippen LogP contribution in [-0.4, -0.2) is 30.8 Å². The Labute approximate surface area is 132 Å². The summed E-state index contributed by atoms with van der Waals surface area (Å²) in [5.74, 6) is -2.80. The largest absolute Gasteiger partial charge is 0.493 e. The molecule has 0 saturated carbocycles. The molecule has 23 heavy (non-hydrogen) atoms. The molecule has 7 nitrogen and oxygen atoms in total. The van der Waals surface area contributed by atoms with E-state index in [-0.39, 0.29) is 17.1 Å². The van der Waals surface area contributed by atoms with Gasteiger partial charge in [0, 0.05) is 20.8 Å². The molecular formula is C16H16O7. The predicted octanol–water partition coefficient (Wildman–Crippen LogP) is 1.84. The molecule has 1 aliphatic rings. The quantitative estimate of drug-likeness (QED) is 0.363. The minimum Gasteiger partial charge on any atom is -0.493 e. The summed E-state index contributed by atoms with van der Waals surface area (Å²) in [5.41, 5.74) is 0.257. The molecular weight excluding hydrogens is 304 g/mol. The first-order chi connectivity index (χ1) is 10.7. The van der Waals surface area contributed by atoms with E-state index in [2.05, 4.69) is 0 Å². The molecule has 0 atom stereocenters. The summed E-state index contributed by atoms with van der Waals surface area (Å²) in [5, 5.41) is 0. The summed E-state index contributed by atoms with van der Waals surface area (Å²) in [6, 6.07) is 4.58. The van der Waals surface area contributed by atoms with Gasteiger partial charge in [-0.3, -0.25) is 4.79 Å². The first kappa shape index (κ1) is 16.5. The number of esters is 3. The standard InChI is InChI=1S/C16H16O7/c1-9(17)21-12-6-5-10(8-13(12)20-4)7-11-14(18)22-16(2,3)23-15(11)19/h5-8H,1-4H3. The minimum absolute atomic E-state index is 0.230. The van der Waals surface area contributed by atoms with Gasteiger partial charge in [0.25, 0.3) is 5.79 Å². The van der Waals surface area contributed by atoms with Crippen LogP contribution in [0.25, 0.3) is 6.08 Å². The molecule has 0 aliphatic carbocycles. The molecule has 1 fully saturated rings. The zero-order chi connectivity index (χ0) is 17.2. The van der Waals surface area contributed by atoms with Crippen molar-refractivity contribution in [2.45, 2.75) is 26.6 Å². The molecule has 1 aromatic rings. The highest BCUT2D eigenvalue weighted by Gasteiger charge is 2.38. The maximum Gasteiger partial charge on any atom is 0.348 e. The van der Waals surface area contributed by atoms with Gasteiger partial charge in [-0.15, -0.1) is 0 Å². The fraction of sp³-hybridized carbons (Fsp3) is 0.312. The summed E-state index contributed by atoms with van der Waals surface area (Å²) in [6.45, 7) is 4.21. The lowest BCUT2D eigenvalue weighted by atomic mass is 10.1. The Balaban J connectivity index is 2.34. The van der Waals surface area contributed by atoms with E-state index in [1.807, 2.05) is 0 Å². The summed E-state index contributed by atoms with van der Waals surface area (Å²) in [7, 11) is 1.41. The number of carbonyl (C=O) groups is 3. The lowest BCUT2D eigenvalue weighted by molar-refractivity contribution is -0.222. The van der Waals surface area contributed by atoms with E-state index in [0.29, 0.717) is 5.56 Å². The lowest BCUT2D eigenvalue weighted by Gasteiger charge is -2.29. The molecule has 0 unspecified atom stereocenters. The van der Waals surface area contributed by atoms with Crippen LogP contribution in [0.4, 0.5) is 0 Å². The van der Waals surface area contributed by atoms with Gasteiger partial charge in [-0.05, 0) is 23.8 Å². The van der Waals surface area contributed by atoms with E-state index in [4.69, 9.17) is 18.9 Å². The van der Waals surface area contributed by atoms with Gasteiger partial charge < -0.3 is 18.9 Å². The van der Waals surface area contributed by atoms with Gasteiger partial charge in [0.05, 0.1) is 7.11 Å². The third kappa shape index (κ3) is 3.88. The second-order valence-corrected chi connectivity index (χ2v) is 5.24. The Kier molecular flexibility index (Phi) is 4.40. The third-order valence-electron chi connectivity index (χ3n) is 2.87. The van der Waals surface area contributed by atoms with Crippen LogP contribution in [0.1, 0.15) is 26.3 Å².